The summed E-state index contributed by atoms with van der Waals surface area (Å²) in [6, 6.07) is 7.19. The SMILES string of the molecule is Cc1ccc(NC(=O)N2CCOC(C(F)(F)F)C2C)cc1-c1cc(OCCO)nc(N2CCOCC2)c1. The first-order valence-corrected chi connectivity index (χ1v) is 12.1. The van der Waals surface area contributed by atoms with E-state index in [1.165, 1.54) is 6.92 Å². The van der Waals surface area contributed by atoms with Crippen LogP contribution in [0.25, 0.3) is 11.1 Å². The first-order valence-electron chi connectivity index (χ1n) is 12.1. The van der Waals surface area contributed by atoms with E-state index >= 15 is 0 Å². The average molecular weight is 525 g/mol. The van der Waals surface area contributed by atoms with Crippen LogP contribution in [0.3, 0.4) is 0 Å². The van der Waals surface area contributed by atoms with E-state index in [1.807, 2.05) is 19.1 Å². The van der Waals surface area contributed by atoms with E-state index in [1.54, 1.807) is 18.2 Å². The molecule has 12 heteroatoms. The standard InChI is InChI=1S/C25H31F3N4O5/c1-16-3-4-19(29-24(34)32-7-11-37-23(17(32)2)25(26,27)28)15-20(16)18-13-21(31-5-9-35-10-6-31)30-22(14-18)36-12-8-33/h3-4,13-15,17,23,33H,5-12H2,1-2H3,(H,29,34). The monoisotopic (exact) mass is 524 g/mol. The van der Waals surface area contributed by atoms with Crippen molar-refractivity contribution in [2.75, 3.05) is 62.9 Å². The van der Waals surface area contributed by atoms with E-state index in [9.17, 15) is 23.1 Å². The Hall–Kier alpha value is -3.09. The number of benzene rings is 1. The zero-order valence-corrected chi connectivity index (χ0v) is 20.8. The minimum absolute atomic E-state index is 0.0527. The number of carbonyl (C=O) groups excluding carboxylic acids is 1. The summed E-state index contributed by atoms with van der Waals surface area (Å²) in [5.41, 5.74) is 2.94. The highest BCUT2D eigenvalue weighted by atomic mass is 19.4. The molecule has 3 heterocycles. The summed E-state index contributed by atoms with van der Waals surface area (Å²) < 4.78 is 55.8. The molecule has 2 atom stereocenters. The zero-order valence-electron chi connectivity index (χ0n) is 20.8. The summed E-state index contributed by atoms with van der Waals surface area (Å²) >= 11 is 0. The Balaban J connectivity index is 1.59. The van der Waals surface area contributed by atoms with Gasteiger partial charge in [-0.05, 0) is 48.7 Å². The Bertz CT molecular complexity index is 1090. The molecule has 2 aliphatic rings. The molecule has 0 bridgehead atoms. The van der Waals surface area contributed by atoms with Crippen LogP contribution in [0.1, 0.15) is 12.5 Å². The van der Waals surface area contributed by atoms with Gasteiger partial charge in [0.05, 0.1) is 32.5 Å². The Labute approximate surface area is 213 Å². The maximum atomic E-state index is 13.3. The van der Waals surface area contributed by atoms with E-state index in [2.05, 4.69) is 15.2 Å². The number of alkyl halides is 3. The van der Waals surface area contributed by atoms with Crippen molar-refractivity contribution in [1.82, 2.24) is 9.88 Å². The Morgan fingerprint density at radius 3 is 2.65 bits per heavy atom. The fraction of sp³-hybridized carbons (Fsp3) is 0.520. The van der Waals surface area contributed by atoms with Crippen molar-refractivity contribution in [1.29, 1.82) is 0 Å². The lowest BCUT2D eigenvalue weighted by atomic mass is 10.00. The van der Waals surface area contributed by atoms with Gasteiger partial charge < -0.3 is 34.4 Å². The Kier molecular flexibility index (Phi) is 8.40. The van der Waals surface area contributed by atoms with Gasteiger partial charge in [0.15, 0.2) is 6.10 Å². The third-order valence-electron chi connectivity index (χ3n) is 6.41. The van der Waals surface area contributed by atoms with Gasteiger partial charge in [0, 0.05) is 31.4 Å². The molecular formula is C25H31F3N4O5. The molecule has 2 aliphatic heterocycles. The van der Waals surface area contributed by atoms with E-state index < -0.39 is 24.4 Å². The summed E-state index contributed by atoms with van der Waals surface area (Å²) in [6.45, 7) is 5.53. The molecule has 2 saturated heterocycles. The van der Waals surface area contributed by atoms with Crippen LogP contribution in [0.4, 0.5) is 29.5 Å². The topological polar surface area (TPSA) is 96.4 Å². The number of aliphatic hydroxyl groups is 1. The number of anilines is 2. The molecule has 4 rings (SSSR count). The first-order chi connectivity index (χ1) is 17.7. The Morgan fingerprint density at radius 1 is 1.19 bits per heavy atom. The van der Waals surface area contributed by atoms with Crippen LogP contribution in [0.15, 0.2) is 30.3 Å². The minimum atomic E-state index is -4.56. The number of rotatable bonds is 6. The van der Waals surface area contributed by atoms with Crippen molar-refractivity contribution in [3.8, 4) is 17.0 Å². The molecule has 37 heavy (non-hydrogen) atoms. The maximum Gasteiger partial charge on any atom is 0.416 e. The smallest absolute Gasteiger partial charge is 0.416 e. The van der Waals surface area contributed by atoms with Gasteiger partial charge in [0.2, 0.25) is 5.88 Å². The molecular weight excluding hydrogens is 493 g/mol. The van der Waals surface area contributed by atoms with Crippen molar-refractivity contribution < 1.29 is 37.3 Å². The number of pyridine rings is 1. The van der Waals surface area contributed by atoms with Crippen molar-refractivity contribution in [3.63, 3.8) is 0 Å². The number of aromatic nitrogens is 1. The van der Waals surface area contributed by atoms with Gasteiger partial charge in [0.1, 0.15) is 12.4 Å². The van der Waals surface area contributed by atoms with Crippen molar-refractivity contribution in [2.24, 2.45) is 0 Å². The molecule has 2 aromatic rings. The first kappa shape index (κ1) is 27.0. The molecule has 2 fully saturated rings. The fourth-order valence-corrected chi connectivity index (χ4v) is 4.47. The molecule has 0 aliphatic carbocycles. The van der Waals surface area contributed by atoms with Gasteiger partial charge in [-0.25, -0.2) is 4.79 Å². The van der Waals surface area contributed by atoms with E-state index in [0.717, 1.165) is 21.6 Å². The fourth-order valence-electron chi connectivity index (χ4n) is 4.47. The second-order valence-electron chi connectivity index (χ2n) is 8.95. The van der Waals surface area contributed by atoms with Crippen molar-refractivity contribution in [3.05, 3.63) is 35.9 Å². The number of nitrogens with zero attached hydrogens (tertiary/aromatic N) is 3. The van der Waals surface area contributed by atoms with Crippen LogP contribution < -0.4 is 15.0 Å². The summed E-state index contributed by atoms with van der Waals surface area (Å²) in [5.74, 6) is 1.05. The number of aryl methyl sites for hydroxylation is 1. The van der Waals surface area contributed by atoms with Gasteiger partial charge in [0.25, 0.3) is 0 Å². The molecule has 1 aromatic heterocycles. The predicted molar refractivity (Wildman–Crippen MR) is 131 cm³/mol. The molecule has 1 aromatic carbocycles. The van der Waals surface area contributed by atoms with Crippen LogP contribution in [0, 0.1) is 6.92 Å². The summed E-state index contributed by atoms with van der Waals surface area (Å²) in [7, 11) is 0. The van der Waals surface area contributed by atoms with Gasteiger partial charge in [-0.3, -0.25) is 0 Å². The number of halogens is 3. The van der Waals surface area contributed by atoms with Crippen molar-refractivity contribution >= 4 is 17.5 Å². The number of amides is 2. The van der Waals surface area contributed by atoms with Gasteiger partial charge in [-0.2, -0.15) is 18.2 Å². The third kappa shape index (κ3) is 6.43. The van der Waals surface area contributed by atoms with Gasteiger partial charge in [-0.15, -0.1) is 0 Å². The number of nitrogens with one attached hydrogen (secondary N) is 1. The lowest BCUT2D eigenvalue weighted by Crippen LogP contribution is -2.58. The van der Waals surface area contributed by atoms with Crippen LogP contribution >= 0.6 is 0 Å². The third-order valence-corrected chi connectivity index (χ3v) is 6.41. The van der Waals surface area contributed by atoms with Crippen molar-refractivity contribution in [2.45, 2.75) is 32.2 Å². The molecule has 0 saturated carbocycles. The summed E-state index contributed by atoms with van der Waals surface area (Å²) in [4.78, 5) is 20.7. The molecule has 0 radical (unpaired) electrons. The summed E-state index contributed by atoms with van der Waals surface area (Å²) in [6.07, 6.45) is -6.60. The van der Waals surface area contributed by atoms with Crippen LogP contribution in [-0.4, -0.2) is 92.0 Å². The lowest BCUT2D eigenvalue weighted by Gasteiger charge is -2.39. The van der Waals surface area contributed by atoms with Gasteiger partial charge >= 0.3 is 12.2 Å². The second-order valence-corrected chi connectivity index (χ2v) is 8.95. The number of hydrogen-bond donors (Lipinski definition) is 2. The molecule has 2 unspecified atom stereocenters. The quantitative estimate of drug-likeness (QED) is 0.598. The van der Waals surface area contributed by atoms with E-state index in [0.29, 0.717) is 43.7 Å². The maximum absolute atomic E-state index is 13.3. The van der Waals surface area contributed by atoms with Crippen LogP contribution in [0.5, 0.6) is 5.88 Å². The predicted octanol–water partition coefficient (Wildman–Crippen LogP) is 3.45. The van der Waals surface area contributed by atoms with E-state index in [4.69, 9.17) is 14.2 Å². The molecule has 0 spiro atoms. The normalized spacial score (nSPS) is 20.6. The largest absolute Gasteiger partial charge is 0.475 e. The molecule has 2 amide bonds. The number of urea groups is 1. The zero-order chi connectivity index (χ0) is 26.6. The second kappa shape index (κ2) is 11.5. The Morgan fingerprint density at radius 2 is 1.95 bits per heavy atom. The number of aliphatic hydroxyl groups excluding tert-OH is 1. The molecule has 9 nitrogen and oxygen atoms in total. The number of ether oxygens (including phenoxy) is 3. The number of carbonyl (C=O) groups is 1. The van der Waals surface area contributed by atoms with E-state index in [-0.39, 0.29) is 26.4 Å². The minimum Gasteiger partial charge on any atom is -0.475 e. The molecule has 2 N–H and O–H groups in total. The van der Waals surface area contributed by atoms with Crippen LogP contribution in [-0.2, 0) is 9.47 Å². The highest BCUT2D eigenvalue weighted by molar-refractivity contribution is 5.91. The lowest BCUT2D eigenvalue weighted by molar-refractivity contribution is -0.246. The average Bonchev–Trinajstić information content (AvgIpc) is 2.88. The summed E-state index contributed by atoms with van der Waals surface area (Å²) in [5, 5.41) is 11.9. The highest BCUT2D eigenvalue weighted by Crippen LogP contribution is 2.33. The number of morpholine rings is 2. The van der Waals surface area contributed by atoms with Gasteiger partial charge in [-0.1, -0.05) is 6.07 Å². The molecule has 202 valence electrons. The van der Waals surface area contributed by atoms with Crippen LogP contribution in [0.2, 0.25) is 0 Å². The highest BCUT2D eigenvalue weighted by Gasteiger charge is 2.49. The number of hydrogen-bond acceptors (Lipinski definition) is 7.